The first-order valence-corrected chi connectivity index (χ1v) is 10.6. The summed E-state index contributed by atoms with van der Waals surface area (Å²) in [6.45, 7) is -0.186. The summed E-state index contributed by atoms with van der Waals surface area (Å²) in [7, 11) is -0.503. The van der Waals surface area contributed by atoms with E-state index in [0.717, 1.165) is 11.8 Å². The number of nitrogens with one attached hydrogen (secondary N) is 1. The van der Waals surface area contributed by atoms with Crippen LogP contribution in [0.3, 0.4) is 0 Å². The van der Waals surface area contributed by atoms with Crippen LogP contribution in [-0.4, -0.2) is 53.9 Å². The molecule has 2 aromatic rings. The monoisotopic (exact) mass is 421 g/mol. The first-order valence-electron chi connectivity index (χ1n) is 8.70. The number of carbonyl (C=O) groups is 2. The lowest BCUT2D eigenvalue weighted by Crippen LogP contribution is -2.30. The number of methoxy groups -OCH3 is 2. The molecule has 0 saturated heterocycles. The minimum Gasteiger partial charge on any atom is -0.493 e. The molecule has 1 amide bonds. The molecule has 0 heterocycles. The lowest BCUT2D eigenvalue weighted by Gasteiger charge is -2.11. The van der Waals surface area contributed by atoms with Crippen molar-refractivity contribution in [1.82, 2.24) is 5.32 Å². The van der Waals surface area contributed by atoms with E-state index in [1.54, 1.807) is 20.3 Å². The Balaban J connectivity index is 1.86. The van der Waals surface area contributed by atoms with Gasteiger partial charge in [-0.25, -0.2) is 13.2 Å². The number of ether oxygens (including phenoxy) is 3. The Labute approximate surface area is 169 Å². The molecule has 0 aliphatic rings. The van der Waals surface area contributed by atoms with E-state index < -0.39 is 28.3 Å². The third kappa shape index (κ3) is 6.21. The van der Waals surface area contributed by atoms with Gasteiger partial charge in [0, 0.05) is 12.8 Å². The molecule has 1 N–H and O–H groups in total. The van der Waals surface area contributed by atoms with Crippen molar-refractivity contribution < 1.29 is 32.2 Å². The second-order valence-electron chi connectivity index (χ2n) is 6.13. The zero-order chi connectivity index (χ0) is 21.4. The summed E-state index contributed by atoms with van der Waals surface area (Å²) in [5.41, 5.74) is 0.829. The fourth-order valence-electron chi connectivity index (χ4n) is 2.60. The molecular weight excluding hydrogens is 398 g/mol. The van der Waals surface area contributed by atoms with E-state index in [1.165, 1.54) is 24.3 Å². The summed E-state index contributed by atoms with van der Waals surface area (Å²) >= 11 is 0. The highest BCUT2D eigenvalue weighted by atomic mass is 32.2. The Hall–Kier alpha value is -3.07. The zero-order valence-electron chi connectivity index (χ0n) is 16.4. The summed E-state index contributed by atoms with van der Waals surface area (Å²) in [5, 5.41) is 2.64. The summed E-state index contributed by atoms with van der Waals surface area (Å²) in [4.78, 5) is 23.9. The lowest BCUT2D eigenvalue weighted by atomic mass is 10.1. The molecule has 0 radical (unpaired) electrons. The van der Waals surface area contributed by atoms with Gasteiger partial charge in [-0.05, 0) is 36.2 Å². The van der Waals surface area contributed by atoms with Gasteiger partial charge in [0.15, 0.2) is 27.9 Å². The summed E-state index contributed by atoms with van der Waals surface area (Å²) < 4.78 is 38.9. The normalized spacial score (nSPS) is 10.9. The number of hydrogen-bond donors (Lipinski definition) is 1. The topological polar surface area (TPSA) is 108 Å². The zero-order valence-corrected chi connectivity index (χ0v) is 17.2. The van der Waals surface area contributed by atoms with E-state index >= 15 is 0 Å². The molecule has 2 aromatic carbocycles. The van der Waals surface area contributed by atoms with E-state index in [9.17, 15) is 18.0 Å². The Bertz CT molecular complexity index is 986. The molecular formula is C20H23NO7S. The largest absolute Gasteiger partial charge is 0.493 e. The van der Waals surface area contributed by atoms with Crippen LogP contribution in [0.2, 0.25) is 0 Å². The van der Waals surface area contributed by atoms with Gasteiger partial charge in [0.25, 0.3) is 5.91 Å². The molecule has 156 valence electrons. The molecule has 0 aliphatic carbocycles. The Morgan fingerprint density at radius 1 is 1.00 bits per heavy atom. The number of hydrogen-bond acceptors (Lipinski definition) is 7. The maximum atomic E-state index is 12.2. The number of rotatable bonds is 9. The van der Waals surface area contributed by atoms with Gasteiger partial charge in [0.05, 0.1) is 24.7 Å². The van der Waals surface area contributed by atoms with Crippen LogP contribution in [0.5, 0.6) is 11.5 Å². The predicted octanol–water partition coefficient (Wildman–Crippen LogP) is 1.62. The molecule has 0 fully saturated rings. The smallest absolute Gasteiger partial charge is 0.339 e. The van der Waals surface area contributed by atoms with E-state index in [-0.39, 0.29) is 10.5 Å². The third-order valence-corrected chi connectivity index (χ3v) is 5.18. The SMILES string of the molecule is COc1ccc(CCNC(=O)COC(=O)c2ccccc2S(C)(=O)=O)cc1OC. The van der Waals surface area contributed by atoms with Crippen LogP contribution in [0.25, 0.3) is 0 Å². The molecule has 0 spiro atoms. The van der Waals surface area contributed by atoms with Gasteiger partial charge in [0.1, 0.15) is 0 Å². The highest BCUT2D eigenvalue weighted by molar-refractivity contribution is 7.90. The number of carbonyl (C=O) groups excluding carboxylic acids is 2. The van der Waals surface area contributed by atoms with Gasteiger partial charge < -0.3 is 19.5 Å². The van der Waals surface area contributed by atoms with Crippen molar-refractivity contribution in [1.29, 1.82) is 0 Å². The average Bonchev–Trinajstić information content (AvgIpc) is 2.71. The minimum atomic E-state index is -3.59. The number of benzene rings is 2. The second-order valence-corrected chi connectivity index (χ2v) is 8.12. The van der Waals surface area contributed by atoms with Gasteiger partial charge in [-0.3, -0.25) is 4.79 Å². The molecule has 8 nitrogen and oxygen atoms in total. The number of sulfone groups is 1. The lowest BCUT2D eigenvalue weighted by molar-refractivity contribution is -0.124. The van der Waals surface area contributed by atoms with Gasteiger partial charge in [-0.1, -0.05) is 18.2 Å². The second kappa shape index (κ2) is 9.92. The van der Waals surface area contributed by atoms with Crippen LogP contribution in [0.4, 0.5) is 0 Å². The van der Waals surface area contributed by atoms with Crippen LogP contribution >= 0.6 is 0 Å². The van der Waals surface area contributed by atoms with Crippen LogP contribution in [-0.2, 0) is 25.8 Å². The molecule has 2 rings (SSSR count). The Kier molecular flexibility index (Phi) is 7.60. The number of esters is 1. The maximum Gasteiger partial charge on any atom is 0.339 e. The summed E-state index contributed by atoms with van der Waals surface area (Å²) in [6, 6.07) is 11.1. The first kappa shape index (κ1) is 22.2. The summed E-state index contributed by atoms with van der Waals surface area (Å²) in [6.07, 6.45) is 1.54. The van der Waals surface area contributed by atoms with Crippen LogP contribution in [0.15, 0.2) is 47.4 Å². The fraction of sp³-hybridized carbons (Fsp3) is 0.300. The Morgan fingerprint density at radius 2 is 1.69 bits per heavy atom. The highest BCUT2D eigenvalue weighted by Gasteiger charge is 2.20. The standard InChI is InChI=1S/C20H23NO7S/c1-26-16-9-8-14(12-17(16)27-2)10-11-21-19(22)13-28-20(23)15-6-4-5-7-18(15)29(3,24)25/h4-9,12H,10-11,13H2,1-3H3,(H,21,22). The molecule has 0 atom stereocenters. The summed E-state index contributed by atoms with van der Waals surface area (Å²) in [5.74, 6) is -0.159. The predicted molar refractivity (Wildman–Crippen MR) is 106 cm³/mol. The van der Waals surface area contributed by atoms with E-state index in [2.05, 4.69) is 5.32 Å². The van der Waals surface area contributed by atoms with Crippen LogP contribution in [0.1, 0.15) is 15.9 Å². The van der Waals surface area contributed by atoms with E-state index in [4.69, 9.17) is 14.2 Å². The van der Waals surface area contributed by atoms with E-state index in [1.807, 2.05) is 12.1 Å². The van der Waals surface area contributed by atoms with Crippen molar-refractivity contribution in [3.8, 4) is 11.5 Å². The maximum absolute atomic E-state index is 12.2. The highest BCUT2D eigenvalue weighted by Crippen LogP contribution is 2.27. The molecule has 0 unspecified atom stereocenters. The van der Waals surface area contributed by atoms with Crippen molar-refractivity contribution in [2.75, 3.05) is 33.6 Å². The molecule has 0 saturated carbocycles. The first-order chi connectivity index (χ1) is 13.8. The van der Waals surface area contributed by atoms with Gasteiger partial charge >= 0.3 is 5.97 Å². The van der Waals surface area contributed by atoms with Crippen molar-refractivity contribution in [2.45, 2.75) is 11.3 Å². The van der Waals surface area contributed by atoms with Crippen molar-refractivity contribution in [3.63, 3.8) is 0 Å². The average molecular weight is 421 g/mol. The van der Waals surface area contributed by atoms with Crippen LogP contribution in [0, 0.1) is 0 Å². The van der Waals surface area contributed by atoms with Crippen LogP contribution < -0.4 is 14.8 Å². The molecule has 0 aliphatic heterocycles. The third-order valence-electron chi connectivity index (χ3n) is 4.02. The quantitative estimate of drug-likeness (QED) is 0.613. The van der Waals surface area contributed by atoms with Crippen molar-refractivity contribution >= 4 is 21.7 Å². The van der Waals surface area contributed by atoms with Gasteiger partial charge in [-0.15, -0.1) is 0 Å². The molecule has 0 bridgehead atoms. The van der Waals surface area contributed by atoms with Gasteiger partial charge in [-0.2, -0.15) is 0 Å². The fourth-order valence-corrected chi connectivity index (χ4v) is 3.48. The van der Waals surface area contributed by atoms with Crippen molar-refractivity contribution in [2.24, 2.45) is 0 Å². The van der Waals surface area contributed by atoms with Gasteiger partial charge in [0.2, 0.25) is 0 Å². The number of amides is 1. The van der Waals surface area contributed by atoms with E-state index in [0.29, 0.717) is 24.5 Å². The molecule has 0 aromatic heterocycles. The molecule has 9 heteroatoms. The minimum absolute atomic E-state index is 0.104. The molecule has 29 heavy (non-hydrogen) atoms. The van der Waals surface area contributed by atoms with Crippen molar-refractivity contribution in [3.05, 3.63) is 53.6 Å². The Morgan fingerprint density at radius 3 is 2.34 bits per heavy atom.